The molecule has 0 saturated heterocycles. The van der Waals surface area contributed by atoms with Gasteiger partial charge < -0.3 is 14.9 Å². The van der Waals surface area contributed by atoms with Crippen LogP contribution in [0.15, 0.2) is 63.9 Å². The molecule has 1 heterocycles. The number of aliphatic hydroxyl groups is 2. The van der Waals surface area contributed by atoms with E-state index in [4.69, 9.17) is 15.1 Å². The van der Waals surface area contributed by atoms with Gasteiger partial charge in [-0.2, -0.15) is 18.2 Å². The molecule has 0 radical (unpaired) electrons. The lowest BCUT2D eigenvalue weighted by atomic mass is 9.87. The summed E-state index contributed by atoms with van der Waals surface area (Å²) in [7, 11) is 1.40. The van der Waals surface area contributed by atoms with Crippen LogP contribution in [0.1, 0.15) is 66.7 Å². The van der Waals surface area contributed by atoms with Crippen LogP contribution in [0.5, 0.6) is 0 Å². The van der Waals surface area contributed by atoms with Crippen molar-refractivity contribution in [3.05, 3.63) is 98.5 Å². The van der Waals surface area contributed by atoms with Crippen molar-refractivity contribution >= 4 is 17.8 Å². The van der Waals surface area contributed by atoms with Gasteiger partial charge in [0.05, 0.1) is 24.1 Å². The van der Waals surface area contributed by atoms with E-state index in [9.17, 15) is 32.6 Å². The summed E-state index contributed by atoms with van der Waals surface area (Å²) < 4.78 is 59.2. The molecule has 1 atom stereocenters. The Kier molecular flexibility index (Phi) is 9.92. The van der Waals surface area contributed by atoms with Crippen LogP contribution >= 0.6 is 0 Å². The van der Waals surface area contributed by atoms with Gasteiger partial charge in [-0.1, -0.05) is 19.1 Å². The van der Waals surface area contributed by atoms with Crippen molar-refractivity contribution in [1.82, 2.24) is 9.55 Å². The second-order valence-electron chi connectivity index (χ2n) is 10.4. The van der Waals surface area contributed by atoms with Crippen LogP contribution in [-0.4, -0.2) is 44.9 Å². The minimum absolute atomic E-state index is 0.0161. The largest absolute Gasteiger partial charge is 0.481 e. The second-order valence-corrected chi connectivity index (χ2v) is 10.4. The predicted molar refractivity (Wildman–Crippen MR) is 154 cm³/mol. The van der Waals surface area contributed by atoms with Crippen LogP contribution in [0, 0.1) is 11.2 Å². The lowest BCUT2D eigenvalue weighted by Crippen LogP contribution is -2.31. The van der Waals surface area contributed by atoms with Crippen LogP contribution in [0.4, 0.5) is 17.6 Å². The van der Waals surface area contributed by atoms with E-state index < -0.39 is 23.8 Å². The maximum Gasteiger partial charge on any atom is 0.416 e. The third-order valence-electron chi connectivity index (χ3n) is 7.10. The van der Waals surface area contributed by atoms with Crippen molar-refractivity contribution in [3.8, 4) is 5.69 Å². The number of aromatic nitrogens is 2. The number of fused-ring (bicyclic) bond motifs is 1. The van der Waals surface area contributed by atoms with Gasteiger partial charge in [-0.15, -0.1) is 0 Å². The van der Waals surface area contributed by atoms with Gasteiger partial charge in [-0.25, -0.2) is 9.37 Å². The quantitative estimate of drug-likeness (QED) is 0.0976. The Morgan fingerprint density at radius 2 is 1.81 bits per heavy atom. The Hall–Kier alpha value is -4.16. The standard InChI is InChI=1S/C31H32F4N4O4/c1-18-15-20(29(43-2)38-25(36)16-19-7-9-21(10-8-19)31(33,34)35)17-24-28(18)30(42)39(23-13-11-22(32)12-14-23)26(37-24)5-3-4-6-27(40)41/h7-14,17-18,27,36,40-41H,3-6,15-16H2,1-2H3. The number of aliphatic hydroxyl groups excluding tert-OH is 1. The molecule has 12 heteroatoms. The summed E-state index contributed by atoms with van der Waals surface area (Å²) in [5.41, 5.74) is 1.32. The van der Waals surface area contributed by atoms with E-state index in [-0.39, 0.29) is 36.1 Å². The van der Waals surface area contributed by atoms with E-state index in [0.717, 1.165) is 12.1 Å². The number of nitrogens with one attached hydrogen (secondary N) is 1. The summed E-state index contributed by atoms with van der Waals surface area (Å²) in [6.07, 6.45) is -2.38. The number of unbranched alkanes of at least 4 members (excludes halogenated alkanes) is 1. The summed E-state index contributed by atoms with van der Waals surface area (Å²) >= 11 is 0. The van der Waals surface area contributed by atoms with Gasteiger partial charge in [0.15, 0.2) is 6.29 Å². The Labute approximate surface area is 245 Å². The molecule has 0 amide bonds. The number of halogens is 4. The molecule has 228 valence electrons. The van der Waals surface area contributed by atoms with Crippen LogP contribution in [0.25, 0.3) is 11.8 Å². The molecule has 1 aliphatic carbocycles. The third-order valence-corrected chi connectivity index (χ3v) is 7.10. The zero-order valence-corrected chi connectivity index (χ0v) is 23.7. The van der Waals surface area contributed by atoms with E-state index in [1.807, 2.05) is 6.92 Å². The Balaban J connectivity index is 1.67. The highest BCUT2D eigenvalue weighted by Gasteiger charge is 2.30. The van der Waals surface area contributed by atoms with Gasteiger partial charge in [0.2, 0.25) is 5.90 Å². The van der Waals surface area contributed by atoms with E-state index in [1.165, 1.54) is 48.1 Å². The van der Waals surface area contributed by atoms with Gasteiger partial charge in [0.25, 0.3) is 5.56 Å². The van der Waals surface area contributed by atoms with Crippen LogP contribution < -0.4 is 5.56 Å². The Morgan fingerprint density at radius 1 is 1.14 bits per heavy atom. The van der Waals surface area contributed by atoms with Gasteiger partial charge >= 0.3 is 6.18 Å². The predicted octanol–water partition coefficient (Wildman–Crippen LogP) is 5.57. The molecule has 4 rings (SSSR count). The van der Waals surface area contributed by atoms with E-state index in [1.54, 1.807) is 6.08 Å². The number of hydrogen-bond donors (Lipinski definition) is 3. The number of aliphatic imine (C=N–C) groups is 1. The maximum absolute atomic E-state index is 13.8. The molecule has 1 unspecified atom stereocenters. The number of nitrogens with zero attached hydrogens (tertiary/aromatic N) is 3. The normalized spacial score (nSPS) is 15.3. The number of hydrogen-bond acceptors (Lipinski definition) is 6. The molecule has 43 heavy (non-hydrogen) atoms. The summed E-state index contributed by atoms with van der Waals surface area (Å²) in [4.78, 5) is 22.9. The van der Waals surface area contributed by atoms with Gasteiger partial charge in [-0.3, -0.25) is 14.8 Å². The fraction of sp³-hybridized carbons (Fsp3) is 0.355. The van der Waals surface area contributed by atoms with Gasteiger partial charge in [0.1, 0.15) is 17.5 Å². The van der Waals surface area contributed by atoms with Crippen molar-refractivity contribution in [2.45, 2.75) is 63.8 Å². The number of methoxy groups -OCH3 is 1. The number of alkyl halides is 3. The highest BCUT2D eigenvalue weighted by atomic mass is 19.4. The zero-order valence-electron chi connectivity index (χ0n) is 23.7. The third kappa shape index (κ3) is 7.82. The topological polar surface area (TPSA) is 121 Å². The molecule has 3 N–H and O–H groups in total. The molecule has 1 aromatic heterocycles. The van der Waals surface area contributed by atoms with Crippen LogP contribution in [-0.2, 0) is 23.8 Å². The van der Waals surface area contributed by atoms with E-state index in [2.05, 4.69) is 4.99 Å². The molecule has 1 aliphatic rings. The molecular weight excluding hydrogens is 568 g/mol. The number of aryl methyl sites for hydroxylation is 1. The minimum Gasteiger partial charge on any atom is -0.481 e. The average molecular weight is 601 g/mol. The van der Waals surface area contributed by atoms with Crippen LogP contribution in [0.2, 0.25) is 0 Å². The first-order valence-electron chi connectivity index (χ1n) is 13.7. The summed E-state index contributed by atoms with van der Waals surface area (Å²) in [5.74, 6) is -0.333. The lowest BCUT2D eigenvalue weighted by Gasteiger charge is -2.24. The first-order valence-corrected chi connectivity index (χ1v) is 13.7. The Morgan fingerprint density at radius 3 is 2.42 bits per heavy atom. The monoisotopic (exact) mass is 600 g/mol. The maximum atomic E-state index is 13.8. The van der Waals surface area contributed by atoms with E-state index in [0.29, 0.717) is 59.6 Å². The summed E-state index contributed by atoms with van der Waals surface area (Å²) in [6, 6.07) is 10.0. The number of ether oxygens (including phenoxy) is 1. The highest BCUT2D eigenvalue weighted by Crippen LogP contribution is 2.32. The van der Waals surface area contributed by atoms with E-state index >= 15 is 0 Å². The fourth-order valence-electron chi connectivity index (χ4n) is 5.02. The minimum atomic E-state index is -4.45. The summed E-state index contributed by atoms with van der Waals surface area (Å²) in [5, 5.41) is 26.7. The van der Waals surface area contributed by atoms with Crippen LogP contribution in [0.3, 0.4) is 0 Å². The van der Waals surface area contributed by atoms with Gasteiger partial charge in [-0.05, 0) is 79.6 Å². The molecule has 2 aromatic carbocycles. The average Bonchev–Trinajstić information content (AvgIpc) is 2.94. The number of rotatable bonds is 9. The molecule has 8 nitrogen and oxygen atoms in total. The van der Waals surface area contributed by atoms with Crippen molar-refractivity contribution < 1.29 is 32.5 Å². The Bertz CT molecular complexity index is 1580. The van der Waals surface area contributed by atoms with Crippen molar-refractivity contribution in [2.24, 2.45) is 4.99 Å². The molecular formula is C31H32F4N4O4. The first-order chi connectivity index (χ1) is 20.4. The molecule has 0 aliphatic heterocycles. The number of amidine groups is 1. The molecule has 0 bridgehead atoms. The smallest absolute Gasteiger partial charge is 0.416 e. The zero-order chi connectivity index (χ0) is 31.3. The van der Waals surface area contributed by atoms with Crippen molar-refractivity contribution in [1.29, 1.82) is 5.41 Å². The molecule has 0 fully saturated rings. The lowest BCUT2D eigenvalue weighted by molar-refractivity contribution is -0.137. The summed E-state index contributed by atoms with van der Waals surface area (Å²) in [6.45, 7) is 1.85. The molecule has 0 saturated carbocycles. The van der Waals surface area contributed by atoms with Crippen molar-refractivity contribution in [3.63, 3.8) is 0 Å². The highest BCUT2D eigenvalue weighted by molar-refractivity contribution is 6.05. The fourth-order valence-corrected chi connectivity index (χ4v) is 5.02. The number of benzene rings is 2. The SMILES string of the molecule is COC(=NC(=N)Cc1ccc(C(F)(F)F)cc1)C1=Cc2nc(CCCCC(O)O)n(-c3ccc(F)cc3)c(=O)c2C(C)C1. The molecule has 0 spiro atoms. The molecule has 3 aromatic rings. The van der Waals surface area contributed by atoms with Gasteiger partial charge in [0, 0.05) is 24.0 Å². The first kappa shape index (κ1) is 31.8. The second kappa shape index (κ2) is 13.4. The van der Waals surface area contributed by atoms with Crippen molar-refractivity contribution in [2.75, 3.05) is 7.11 Å².